The molecule has 0 amide bonds. The molecular formula is H6FN2Na2O3P. The van der Waals surface area contributed by atoms with Gasteiger partial charge in [0.25, 0.3) is 0 Å². The minimum Gasteiger partial charge on any atom is -0.786 e. The van der Waals surface area contributed by atoms with Crippen LogP contribution >= 0.6 is 7.91 Å². The molecule has 0 unspecified atom stereocenters. The molecule has 0 atom stereocenters. The summed E-state index contributed by atoms with van der Waals surface area (Å²) in [5, 5.41) is 0. The van der Waals surface area contributed by atoms with Gasteiger partial charge in [0.15, 0.2) is 0 Å². The Bertz CT molecular complexity index is 65.9. The van der Waals surface area contributed by atoms with Crippen molar-refractivity contribution in [3.63, 3.8) is 0 Å². The molecule has 0 fully saturated rings. The molecule has 6 N–H and O–H groups in total. The molecule has 0 aromatic carbocycles. The van der Waals surface area contributed by atoms with Crippen LogP contribution in [0.15, 0.2) is 0 Å². The molecule has 9 heteroatoms. The number of halogens is 1. The monoisotopic (exact) mass is 178 g/mol. The van der Waals surface area contributed by atoms with E-state index in [1.54, 1.807) is 0 Å². The van der Waals surface area contributed by atoms with Crippen molar-refractivity contribution in [2.75, 3.05) is 0 Å². The second-order valence-corrected chi connectivity index (χ2v) is 1.29. The van der Waals surface area contributed by atoms with Crippen molar-refractivity contribution < 1.29 is 77.7 Å². The molecule has 5 nitrogen and oxygen atoms in total. The summed E-state index contributed by atoms with van der Waals surface area (Å²) in [6.45, 7) is 0. The zero-order chi connectivity index (χ0) is 4.50. The number of rotatable bonds is 0. The van der Waals surface area contributed by atoms with Gasteiger partial charge in [-0.2, -0.15) is 0 Å². The zero-order valence-electron chi connectivity index (χ0n) is 5.46. The minimum absolute atomic E-state index is 0. The van der Waals surface area contributed by atoms with Gasteiger partial charge in [-0.1, -0.05) is 0 Å². The predicted octanol–water partition coefficient (Wildman–Crippen LogP) is -6.88. The standard InChI is InChI=1S/FH2O3P.2H3N.2Na/c1-5(2,3)4;;;;/h(H2,2,3,4);2*1H3;;/q;;;2*+1/p-2. The van der Waals surface area contributed by atoms with E-state index in [-0.39, 0.29) is 71.4 Å². The van der Waals surface area contributed by atoms with E-state index >= 15 is 0 Å². The fourth-order valence-corrected chi connectivity index (χ4v) is 0. The van der Waals surface area contributed by atoms with E-state index in [9.17, 15) is 4.20 Å². The van der Waals surface area contributed by atoms with Gasteiger partial charge in [0.05, 0.1) is 0 Å². The molecule has 0 radical (unpaired) electrons. The van der Waals surface area contributed by atoms with Crippen LogP contribution in [0.25, 0.3) is 0 Å². The average molecular weight is 178 g/mol. The van der Waals surface area contributed by atoms with Gasteiger partial charge < -0.3 is 26.7 Å². The molecular weight excluding hydrogens is 172 g/mol. The molecule has 0 aromatic heterocycles. The first kappa shape index (κ1) is 30.6. The van der Waals surface area contributed by atoms with E-state index in [1.165, 1.54) is 0 Å². The molecule has 9 heavy (non-hydrogen) atoms. The molecule has 0 rings (SSSR count). The molecule has 0 aliphatic carbocycles. The molecule has 0 bridgehead atoms. The normalized spacial score (nSPS) is 6.56. The summed E-state index contributed by atoms with van der Waals surface area (Å²) >= 11 is 0. The van der Waals surface area contributed by atoms with Crippen LogP contribution in [0.5, 0.6) is 0 Å². The first-order chi connectivity index (χ1) is 2.00. The zero-order valence-corrected chi connectivity index (χ0v) is 10.4. The molecule has 48 valence electrons. The third-order valence-electron chi connectivity index (χ3n) is 0. The summed E-state index contributed by atoms with van der Waals surface area (Å²) in [6.07, 6.45) is 0. The van der Waals surface area contributed by atoms with Crippen molar-refractivity contribution in [3.8, 4) is 0 Å². The fraction of sp³-hybridized carbons (Fsp3) is 0. The molecule has 0 spiro atoms. The summed E-state index contributed by atoms with van der Waals surface area (Å²) < 4.78 is 18.6. The molecule has 0 aliphatic heterocycles. The first-order valence-electron chi connectivity index (χ1n) is 0.717. The first-order valence-corrected chi connectivity index (χ1v) is 2.15. The number of hydrogen-bond acceptors (Lipinski definition) is 5. The maximum absolute atomic E-state index is 10.1. The van der Waals surface area contributed by atoms with Crippen LogP contribution < -0.4 is 81.2 Å². The van der Waals surface area contributed by atoms with Crippen molar-refractivity contribution in [1.82, 2.24) is 12.3 Å². The van der Waals surface area contributed by atoms with E-state index in [4.69, 9.17) is 14.4 Å². The molecule has 0 saturated heterocycles. The average Bonchev–Trinajstić information content (AvgIpc) is 0.722. The van der Waals surface area contributed by atoms with Gasteiger partial charge in [0, 0.05) is 0 Å². The molecule has 0 heterocycles. The summed E-state index contributed by atoms with van der Waals surface area (Å²) in [7, 11) is -5.64. The maximum Gasteiger partial charge on any atom is 1.00 e. The third kappa shape index (κ3) is 160. The Morgan fingerprint density at radius 1 is 1.11 bits per heavy atom. The van der Waals surface area contributed by atoms with E-state index in [2.05, 4.69) is 0 Å². The van der Waals surface area contributed by atoms with E-state index in [1.807, 2.05) is 0 Å². The van der Waals surface area contributed by atoms with Gasteiger partial charge in [-0.3, -0.25) is 0 Å². The molecule has 0 aliphatic rings. The summed E-state index contributed by atoms with van der Waals surface area (Å²) in [5.74, 6) is 0. The third-order valence-corrected chi connectivity index (χ3v) is 0. The van der Waals surface area contributed by atoms with Crippen molar-refractivity contribution >= 4 is 7.91 Å². The van der Waals surface area contributed by atoms with Crippen molar-refractivity contribution in [2.45, 2.75) is 0 Å². The van der Waals surface area contributed by atoms with Crippen LogP contribution in [0.3, 0.4) is 0 Å². The van der Waals surface area contributed by atoms with Crippen LogP contribution in [-0.2, 0) is 4.57 Å². The SMILES string of the molecule is N.N.O=P([O-])([O-])F.[Na+].[Na+]. The Kier molecular flexibility index (Phi) is 43.0. The van der Waals surface area contributed by atoms with Crippen LogP contribution in [0, 0.1) is 0 Å². The molecule has 0 saturated carbocycles. The summed E-state index contributed by atoms with van der Waals surface area (Å²) in [4.78, 5) is 16.9. The van der Waals surface area contributed by atoms with Gasteiger partial charge in [-0.25, -0.2) is 4.20 Å². The van der Waals surface area contributed by atoms with Gasteiger partial charge in [0.1, 0.15) is 7.91 Å². The van der Waals surface area contributed by atoms with Crippen LogP contribution in [0.4, 0.5) is 4.20 Å². The van der Waals surface area contributed by atoms with Gasteiger partial charge in [-0.05, 0) is 0 Å². The predicted molar refractivity (Wildman–Crippen MR) is 18.8 cm³/mol. The van der Waals surface area contributed by atoms with E-state index < -0.39 is 7.91 Å². The van der Waals surface area contributed by atoms with Crippen LogP contribution in [-0.4, -0.2) is 0 Å². The van der Waals surface area contributed by atoms with Gasteiger partial charge >= 0.3 is 59.1 Å². The summed E-state index contributed by atoms with van der Waals surface area (Å²) in [5.41, 5.74) is 0. The Labute approximate surface area is 96.8 Å². The Morgan fingerprint density at radius 2 is 1.11 bits per heavy atom. The van der Waals surface area contributed by atoms with Crippen LogP contribution in [0.1, 0.15) is 0 Å². The second-order valence-electron chi connectivity index (χ2n) is 0.431. The van der Waals surface area contributed by atoms with Gasteiger partial charge in [-0.15, -0.1) is 0 Å². The Balaban J connectivity index is -0.0000000133. The molecule has 0 aromatic rings. The van der Waals surface area contributed by atoms with Crippen molar-refractivity contribution in [2.24, 2.45) is 0 Å². The summed E-state index contributed by atoms with van der Waals surface area (Å²) in [6, 6.07) is 0. The Hall–Kier alpha value is 2.00. The minimum atomic E-state index is -5.64. The smallest absolute Gasteiger partial charge is 0.786 e. The van der Waals surface area contributed by atoms with Crippen molar-refractivity contribution in [1.29, 1.82) is 0 Å². The topological polar surface area (TPSA) is 133 Å². The van der Waals surface area contributed by atoms with Crippen LogP contribution in [0.2, 0.25) is 0 Å². The maximum atomic E-state index is 10.1. The second kappa shape index (κ2) is 12.7. The largest absolute Gasteiger partial charge is 1.00 e. The van der Waals surface area contributed by atoms with E-state index in [0.717, 1.165) is 0 Å². The van der Waals surface area contributed by atoms with E-state index in [0.29, 0.717) is 0 Å². The quantitative estimate of drug-likeness (QED) is 0.281. The number of hydrogen-bond donors (Lipinski definition) is 2. The van der Waals surface area contributed by atoms with Crippen molar-refractivity contribution in [3.05, 3.63) is 0 Å². The van der Waals surface area contributed by atoms with Gasteiger partial charge in [0.2, 0.25) is 0 Å². The Morgan fingerprint density at radius 3 is 1.11 bits per heavy atom. The fourth-order valence-electron chi connectivity index (χ4n) is 0.